The lowest BCUT2D eigenvalue weighted by Crippen LogP contribution is -2.45. The standard InChI is InChI=1S/C18H22N4O2/c1-18(2,21-17(23)16-10-19-11-22(16)3)8-12-9-20-15-7-13(24-4)5-6-14(12)15/h5-7,9-11,20H,8H2,1-4H3,(H,21,23). The normalized spacial score (nSPS) is 11.7. The molecule has 0 spiro atoms. The van der Waals surface area contributed by atoms with Gasteiger partial charge in [-0.3, -0.25) is 4.79 Å². The molecule has 126 valence electrons. The maximum absolute atomic E-state index is 12.4. The summed E-state index contributed by atoms with van der Waals surface area (Å²) in [5.74, 6) is 0.696. The number of nitrogens with one attached hydrogen (secondary N) is 2. The molecular weight excluding hydrogens is 304 g/mol. The number of hydrogen-bond acceptors (Lipinski definition) is 3. The van der Waals surface area contributed by atoms with Crippen molar-refractivity contribution in [2.24, 2.45) is 7.05 Å². The van der Waals surface area contributed by atoms with Crippen LogP contribution >= 0.6 is 0 Å². The van der Waals surface area contributed by atoms with E-state index in [1.807, 2.05) is 45.3 Å². The number of fused-ring (bicyclic) bond motifs is 1. The topological polar surface area (TPSA) is 71.9 Å². The number of benzene rings is 1. The van der Waals surface area contributed by atoms with Crippen molar-refractivity contribution in [1.29, 1.82) is 0 Å². The lowest BCUT2D eigenvalue weighted by atomic mass is 9.94. The average Bonchev–Trinajstić information content (AvgIpc) is 3.12. The number of imidazole rings is 1. The van der Waals surface area contributed by atoms with E-state index >= 15 is 0 Å². The molecule has 0 saturated heterocycles. The van der Waals surface area contributed by atoms with Gasteiger partial charge < -0.3 is 19.6 Å². The first-order valence-electron chi connectivity index (χ1n) is 7.82. The van der Waals surface area contributed by atoms with Gasteiger partial charge in [0.1, 0.15) is 11.4 Å². The summed E-state index contributed by atoms with van der Waals surface area (Å²) in [5, 5.41) is 4.22. The molecule has 3 rings (SSSR count). The zero-order valence-electron chi connectivity index (χ0n) is 14.4. The summed E-state index contributed by atoms with van der Waals surface area (Å²) in [5.41, 5.74) is 2.34. The van der Waals surface area contributed by atoms with Crippen LogP contribution in [0.25, 0.3) is 10.9 Å². The summed E-state index contributed by atoms with van der Waals surface area (Å²) in [6.07, 6.45) is 5.89. The Bertz CT molecular complexity index is 876. The van der Waals surface area contributed by atoms with Crippen molar-refractivity contribution in [2.75, 3.05) is 7.11 Å². The van der Waals surface area contributed by atoms with E-state index in [0.717, 1.165) is 22.2 Å². The molecule has 2 N–H and O–H groups in total. The summed E-state index contributed by atoms with van der Waals surface area (Å²) < 4.78 is 6.96. The largest absolute Gasteiger partial charge is 0.497 e. The van der Waals surface area contributed by atoms with Crippen molar-refractivity contribution in [3.8, 4) is 5.75 Å². The quantitative estimate of drug-likeness (QED) is 0.757. The number of hydrogen-bond donors (Lipinski definition) is 2. The minimum absolute atomic E-state index is 0.124. The van der Waals surface area contributed by atoms with Crippen molar-refractivity contribution in [2.45, 2.75) is 25.8 Å². The average molecular weight is 326 g/mol. The van der Waals surface area contributed by atoms with Gasteiger partial charge in [-0.05, 0) is 38.0 Å². The first-order chi connectivity index (χ1) is 11.4. The number of carbonyl (C=O) groups excluding carboxylic acids is 1. The zero-order chi connectivity index (χ0) is 17.3. The molecule has 6 heteroatoms. The molecule has 2 aromatic heterocycles. The van der Waals surface area contributed by atoms with E-state index in [1.54, 1.807) is 24.2 Å². The summed E-state index contributed by atoms with van der Waals surface area (Å²) in [6.45, 7) is 4.03. The predicted octanol–water partition coefficient (Wildman–Crippen LogP) is 2.66. The Morgan fingerprint density at radius 3 is 2.88 bits per heavy atom. The molecule has 0 bridgehead atoms. The molecule has 6 nitrogen and oxygen atoms in total. The fraction of sp³-hybridized carbons (Fsp3) is 0.333. The monoisotopic (exact) mass is 326 g/mol. The van der Waals surface area contributed by atoms with Crippen LogP contribution in [-0.2, 0) is 13.5 Å². The molecule has 0 radical (unpaired) electrons. The Kier molecular flexibility index (Phi) is 4.05. The van der Waals surface area contributed by atoms with Gasteiger partial charge in [0, 0.05) is 35.8 Å². The second-order valence-corrected chi connectivity index (χ2v) is 6.63. The van der Waals surface area contributed by atoms with Crippen LogP contribution < -0.4 is 10.1 Å². The minimum atomic E-state index is -0.392. The van der Waals surface area contributed by atoms with Gasteiger partial charge in [0.25, 0.3) is 5.91 Å². The Morgan fingerprint density at radius 2 is 2.21 bits per heavy atom. The van der Waals surface area contributed by atoms with E-state index in [1.165, 1.54) is 0 Å². The third-order valence-corrected chi connectivity index (χ3v) is 4.11. The highest BCUT2D eigenvalue weighted by molar-refractivity contribution is 5.93. The number of carbonyl (C=O) groups is 1. The molecule has 0 saturated carbocycles. The van der Waals surface area contributed by atoms with E-state index in [2.05, 4.69) is 15.3 Å². The smallest absolute Gasteiger partial charge is 0.269 e. The van der Waals surface area contributed by atoms with Crippen LogP contribution in [0.5, 0.6) is 5.75 Å². The highest BCUT2D eigenvalue weighted by Gasteiger charge is 2.24. The maximum atomic E-state index is 12.4. The Balaban J connectivity index is 1.79. The molecule has 0 fully saturated rings. The zero-order valence-corrected chi connectivity index (χ0v) is 14.4. The summed E-state index contributed by atoms with van der Waals surface area (Å²) in [6, 6.07) is 5.96. The van der Waals surface area contributed by atoms with E-state index in [0.29, 0.717) is 12.1 Å². The number of aromatic nitrogens is 3. The fourth-order valence-electron chi connectivity index (χ4n) is 2.91. The SMILES string of the molecule is COc1ccc2c(CC(C)(C)NC(=O)c3cncn3C)c[nH]c2c1. The van der Waals surface area contributed by atoms with E-state index in [9.17, 15) is 4.79 Å². The fourth-order valence-corrected chi connectivity index (χ4v) is 2.91. The molecule has 1 aromatic carbocycles. The molecule has 0 aliphatic heterocycles. The van der Waals surface area contributed by atoms with Gasteiger partial charge in [-0.25, -0.2) is 4.98 Å². The van der Waals surface area contributed by atoms with Crippen LogP contribution in [0, 0.1) is 0 Å². The van der Waals surface area contributed by atoms with Crippen LogP contribution in [0.15, 0.2) is 36.9 Å². The highest BCUT2D eigenvalue weighted by atomic mass is 16.5. The lowest BCUT2D eigenvalue weighted by Gasteiger charge is -2.26. The number of H-pyrrole nitrogens is 1. The first-order valence-corrected chi connectivity index (χ1v) is 7.82. The van der Waals surface area contributed by atoms with Crippen molar-refractivity contribution >= 4 is 16.8 Å². The van der Waals surface area contributed by atoms with Crippen LogP contribution in [0.3, 0.4) is 0 Å². The van der Waals surface area contributed by atoms with E-state index in [-0.39, 0.29) is 5.91 Å². The first kappa shape index (κ1) is 16.1. The Morgan fingerprint density at radius 1 is 1.42 bits per heavy atom. The van der Waals surface area contributed by atoms with Gasteiger partial charge >= 0.3 is 0 Å². The third kappa shape index (κ3) is 3.13. The van der Waals surface area contributed by atoms with Gasteiger partial charge in [0.15, 0.2) is 0 Å². The number of methoxy groups -OCH3 is 1. The number of ether oxygens (including phenoxy) is 1. The van der Waals surface area contributed by atoms with Crippen molar-refractivity contribution in [3.05, 3.63) is 48.2 Å². The molecule has 3 aromatic rings. The summed E-state index contributed by atoms with van der Waals surface area (Å²) >= 11 is 0. The highest BCUT2D eigenvalue weighted by Crippen LogP contribution is 2.26. The van der Waals surface area contributed by atoms with Gasteiger partial charge in [-0.1, -0.05) is 0 Å². The van der Waals surface area contributed by atoms with Crippen molar-refractivity contribution in [3.63, 3.8) is 0 Å². The van der Waals surface area contributed by atoms with Crippen molar-refractivity contribution < 1.29 is 9.53 Å². The van der Waals surface area contributed by atoms with Crippen LogP contribution in [-0.4, -0.2) is 33.1 Å². The molecular formula is C18H22N4O2. The number of rotatable bonds is 5. The van der Waals surface area contributed by atoms with Gasteiger partial charge in [0.2, 0.25) is 0 Å². The summed E-state index contributed by atoms with van der Waals surface area (Å²) in [7, 11) is 3.46. The molecule has 1 amide bonds. The second-order valence-electron chi connectivity index (χ2n) is 6.63. The third-order valence-electron chi connectivity index (χ3n) is 4.11. The van der Waals surface area contributed by atoms with Gasteiger partial charge in [-0.2, -0.15) is 0 Å². The number of amides is 1. The number of aryl methyl sites for hydroxylation is 1. The van der Waals surface area contributed by atoms with Crippen LogP contribution in [0.1, 0.15) is 29.9 Å². The second kappa shape index (κ2) is 6.03. The van der Waals surface area contributed by atoms with Gasteiger partial charge in [-0.15, -0.1) is 0 Å². The molecule has 0 aliphatic rings. The lowest BCUT2D eigenvalue weighted by molar-refractivity contribution is 0.0904. The molecule has 0 aliphatic carbocycles. The molecule has 0 atom stereocenters. The van der Waals surface area contributed by atoms with Crippen LogP contribution in [0.4, 0.5) is 0 Å². The predicted molar refractivity (Wildman–Crippen MR) is 93.3 cm³/mol. The van der Waals surface area contributed by atoms with Crippen molar-refractivity contribution in [1.82, 2.24) is 19.9 Å². The number of nitrogens with zero attached hydrogens (tertiary/aromatic N) is 2. The molecule has 0 unspecified atom stereocenters. The maximum Gasteiger partial charge on any atom is 0.269 e. The Labute approximate surface area is 140 Å². The van der Waals surface area contributed by atoms with E-state index in [4.69, 9.17) is 4.74 Å². The number of aromatic amines is 1. The van der Waals surface area contributed by atoms with E-state index < -0.39 is 5.54 Å². The van der Waals surface area contributed by atoms with Gasteiger partial charge in [0.05, 0.1) is 19.6 Å². The van der Waals surface area contributed by atoms with Crippen LogP contribution in [0.2, 0.25) is 0 Å². The minimum Gasteiger partial charge on any atom is -0.497 e. The Hall–Kier alpha value is -2.76. The molecule has 24 heavy (non-hydrogen) atoms. The molecule has 2 heterocycles. The summed E-state index contributed by atoms with van der Waals surface area (Å²) in [4.78, 5) is 19.7.